The Morgan fingerprint density at radius 2 is 1.71 bits per heavy atom. The number of hydrogen-bond donors (Lipinski definition) is 0. The average molecular weight is 331 g/mol. The molecule has 1 fully saturated rings. The number of halogens is 1. The summed E-state index contributed by atoms with van der Waals surface area (Å²) < 4.78 is 28.4. The van der Waals surface area contributed by atoms with E-state index in [0.717, 1.165) is 12.0 Å². The van der Waals surface area contributed by atoms with Crippen molar-refractivity contribution in [2.75, 3.05) is 20.1 Å². The molecular formula is C15H23ClN2O2S. The Labute approximate surface area is 132 Å². The second-order valence-electron chi connectivity index (χ2n) is 6.15. The van der Waals surface area contributed by atoms with Gasteiger partial charge in [-0.15, -0.1) is 0 Å². The molecule has 0 radical (unpaired) electrons. The Morgan fingerprint density at radius 1 is 1.19 bits per heavy atom. The monoisotopic (exact) mass is 330 g/mol. The highest BCUT2D eigenvalue weighted by Gasteiger charge is 2.33. The summed E-state index contributed by atoms with van der Waals surface area (Å²) in [6.07, 6.45) is 1.09. The third-order valence-electron chi connectivity index (χ3n) is 3.87. The van der Waals surface area contributed by atoms with Crippen LogP contribution in [0, 0.1) is 11.8 Å². The normalized spacial score (nSPS) is 24.4. The van der Waals surface area contributed by atoms with Crippen molar-refractivity contribution in [1.82, 2.24) is 8.61 Å². The highest BCUT2D eigenvalue weighted by molar-refractivity contribution is 7.86. The first-order valence-electron chi connectivity index (χ1n) is 7.25. The van der Waals surface area contributed by atoms with Crippen molar-refractivity contribution in [3.8, 4) is 0 Å². The van der Waals surface area contributed by atoms with Crippen molar-refractivity contribution in [2.45, 2.75) is 26.8 Å². The van der Waals surface area contributed by atoms with Gasteiger partial charge >= 0.3 is 0 Å². The van der Waals surface area contributed by atoms with E-state index in [1.165, 1.54) is 4.31 Å². The molecule has 0 N–H and O–H groups in total. The van der Waals surface area contributed by atoms with Crippen LogP contribution in [0.3, 0.4) is 0 Å². The molecule has 6 heteroatoms. The van der Waals surface area contributed by atoms with Gasteiger partial charge in [0.25, 0.3) is 10.2 Å². The maximum absolute atomic E-state index is 12.7. The fraction of sp³-hybridized carbons (Fsp3) is 0.600. The molecule has 2 rings (SSSR count). The molecule has 0 saturated carbocycles. The number of hydrogen-bond acceptors (Lipinski definition) is 2. The molecule has 1 aliphatic rings. The van der Waals surface area contributed by atoms with E-state index in [-0.39, 0.29) is 0 Å². The van der Waals surface area contributed by atoms with E-state index in [1.54, 1.807) is 23.5 Å². The minimum atomic E-state index is -3.40. The van der Waals surface area contributed by atoms with Gasteiger partial charge in [0.2, 0.25) is 0 Å². The molecule has 0 bridgehead atoms. The zero-order valence-corrected chi connectivity index (χ0v) is 14.4. The van der Waals surface area contributed by atoms with Gasteiger partial charge < -0.3 is 0 Å². The van der Waals surface area contributed by atoms with Crippen LogP contribution in [0.4, 0.5) is 0 Å². The molecule has 0 aromatic heterocycles. The summed E-state index contributed by atoms with van der Waals surface area (Å²) >= 11 is 5.85. The number of piperidine rings is 1. The smallest absolute Gasteiger partial charge is 0.195 e. The summed E-state index contributed by atoms with van der Waals surface area (Å²) in [5.41, 5.74) is 0.934. The van der Waals surface area contributed by atoms with Crippen LogP contribution in [0.15, 0.2) is 24.3 Å². The molecule has 2 unspecified atom stereocenters. The Kier molecular flexibility index (Phi) is 5.30. The molecule has 1 aromatic rings. The number of benzene rings is 1. The van der Waals surface area contributed by atoms with Gasteiger partial charge in [-0.1, -0.05) is 37.6 Å². The van der Waals surface area contributed by atoms with Gasteiger partial charge in [0, 0.05) is 31.7 Å². The quantitative estimate of drug-likeness (QED) is 0.851. The van der Waals surface area contributed by atoms with Crippen LogP contribution >= 0.6 is 11.6 Å². The predicted molar refractivity (Wildman–Crippen MR) is 86.4 cm³/mol. The van der Waals surface area contributed by atoms with Gasteiger partial charge in [-0.05, 0) is 36.0 Å². The predicted octanol–water partition coefficient (Wildman–Crippen LogP) is 2.99. The van der Waals surface area contributed by atoms with E-state index >= 15 is 0 Å². The van der Waals surface area contributed by atoms with Crippen LogP contribution in [-0.4, -0.2) is 37.2 Å². The van der Waals surface area contributed by atoms with Crippen molar-refractivity contribution < 1.29 is 8.42 Å². The second kappa shape index (κ2) is 6.65. The van der Waals surface area contributed by atoms with Crippen molar-refractivity contribution in [3.63, 3.8) is 0 Å². The lowest BCUT2D eigenvalue weighted by molar-refractivity contribution is 0.211. The first-order valence-corrected chi connectivity index (χ1v) is 9.02. The Balaban J connectivity index is 2.09. The summed E-state index contributed by atoms with van der Waals surface area (Å²) in [5, 5.41) is 0.656. The molecule has 0 aliphatic carbocycles. The molecule has 0 amide bonds. The van der Waals surface area contributed by atoms with E-state index in [1.807, 2.05) is 12.1 Å². The van der Waals surface area contributed by atoms with Gasteiger partial charge in [0.05, 0.1) is 0 Å². The first kappa shape index (κ1) is 16.7. The summed E-state index contributed by atoms with van der Waals surface area (Å²) in [6.45, 7) is 5.79. The minimum absolute atomic E-state index is 0.360. The maximum Gasteiger partial charge on any atom is 0.282 e. The Hall–Kier alpha value is -0.620. The molecule has 2 atom stereocenters. The average Bonchev–Trinajstić information content (AvgIpc) is 2.40. The van der Waals surface area contributed by atoms with Crippen LogP contribution in [0.2, 0.25) is 5.02 Å². The number of nitrogens with zero attached hydrogens (tertiary/aromatic N) is 2. The van der Waals surface area contributed by atoms with Crippen molar-refractivity contribution >= 4 is 21.8 Å². The summed E-state index contributed by atoms with van der Waals surface area (Å²) in [6, 6.07) is 7.27. The SMILES string of the molecule is CC1CC(C)CN(S(=O)(=O)N(C)Cc2ccc(Cl)cc2)C1. The Bertz CT molecular complexity index is 564. The van der Waals surface area contributed by atoms with Crippen LogP contribution in [0.5, 0.6) is 0 Å². The minimum Gasteiger partial charge on any atom is -0.195 e. The van der Waals surface area contributed by atoms with Gasteiger partial charge in [-0.3, -0.25) is 0 Å². The highest BCUT2D eigenvalue weighted by atomic mass is 35.5. The number of rotatable bonds is 4. The standard InChI is InChI=1S/C15H23ClN2O2S/c1-12-8-13(2)10-18(9-12)21(19,20)17(3)11-14-4-6-15(16)7-5-14/h4-7,12-13H,8-11H2,1-3H3. The van der Waals surface area contributed by atoms with Gasteiger partial charge in [-0.25, -0.2) is 0 Å². The van der Waals surface area contributed by atoms with Crippen LogP contribution in [-0.2, 0) is 16.8 Å². The van der Waals surface area contributed by atoms with Gasteiger partial charge in [0.15, 0.2) is 0 Å². The Morgan fingerprint density at radius 3 is 2.24 bits per heavy atom. The topological polar surface area (TPSA) is 40.6 Å². The van der Waals surface area contributed by atoms with Crippen molar-refractivity contribution in [2.24, 2.45) is 11.8 Å². The lowest BCUT2D eigenvalue weighted by Gasteiger charge is -2.36. The molecule has 1 aromatic carbocycles. The third kappa shape index (κ3) is 4.19. The van der Waals surface area contributed by atoms with E-state index in [2.05, 4.69) is 13.8 Å². The molecule has 4 nitrogen and oxygen atoms in total. The molecule has 1 heterocycles. The van der Waals surface area contributed by atoms with Crippen molar-refractivity contribution in [3.05, 3.63) is 34.9 Å². The lowest BCUT2D eigenvalue weighted by Crippen LogP contribution is -2.48. The summed E-state index contributed by atoms with van der Waals surface area (Å²) in [4.78, 5) is 0. The van der Waals surface area contributed by atoms with E-state index in [9.17, 15) is 8.42 Å². The van der Waals surface area contributed by atoms with E-state index in [4.69, 9.17) is 11.6 Å². The van der Waals surface area contributed by atoms with Gasteiger partial charge in [-0.2, -0.15) is 17.0 Å². The fourth-order valence-corrected chi connectivity index (χ4v) is 4.64. The lowest BCUT2D eigenvalue weighted by atomic mass is 9.94. The maximum atomic E-state index is 12.7. The first-order chi connectivity index (χ1) is 9.79. The van der Waals surface area contributed by atoms with Crippen LogP contribution < -0.4 is 0 Å². The fourth-order valence-electron chi connectivity index (χ4n) is 2.92. The van der Waals surface area contributed by atoms with Crippen LogP contribution in [0.1, 0.15) is 25.8 Å². The van der Waals surface area contributed by atoms with Gasteiger partial charge in [0.1, 0.15) is 0 Å². The van der Waals surface area contributed by atoms with E-state index < -0.39 is 10.2 Å². The highest BCUT2D eigenvalue weighted by Crippen LogP contribution is 2.25. The molecule has 1 aliphatic heterocycles. The van der Waals surface area contributed by atoms with Crippen LogP contribution in [0.25, 0.3) is 0 Å². The zero-order chi connectivity index (χ0) is 15.6. The second-order valence-corrected chi connectivity index (χ2v) is 8.63. The molecular weight excluding hydrogens is 308 g/mol. The van der Waals surface area contributed by atoms with Crippen molar-refractivity contribution in [1.29, 1.82) is 0 Å². The summed E-state index contributed by atoms with van der Waals surface area (Å²) in [7, 11) is -1.77. The molecule has 21 heavy (non-hydrogen) atoms. The largest absolute Gasteiger partial charge is 0.282 e. The summed E-state index contributed by atoms with van der Waals surface area (Å²) in [5.74, 6) is 0.819. The van der Waals surface area contributed by atoms with E-state index in [0.29, 0.717) is 36.5 Å². The molecule has 1 saturated heterocycles. The molecule has 118 valence electrons. The zero-order valence-electron chi connectivity index (χ0n) is 12.8. The molecule has 0 spiro atoms. The third-order valence-corrected chi connectivity index (χ3v) is 5.99.